The monoisotopic (exact) mass is 239 g/mol. The molecule has 2 atom stereocenters. The predicted molar refractivity (Wildman–Crippen MR) is 69.6 cm³/mol. The standard InChI is InChI=1S/C12H21N3S/c1-15-9-10(8-14-15)5-6-11(13)12-4-2-3-7-16-12/h8-9,11-12H,2-7,13H2,1H3. The maximum absolute atomic E-state index is 6.26. The molecule has 1 aromatic rings. The van der Waals surface area contributed by atoms with Gasteiger partial charge in [-0.15, -0.1) is 0 Å². The second-order valence-corrected chi connectivity index (χ2v) is 5.98. The van der Waals surface area contributed by atoms with E-state index in [9.17, 15) is 0 Å². The van der Waals surface area contributed by atoms with E-state index in [0.717, 1.165) is 12.8 Å². The third kappa shape index (κ3) is 3.25. The van der Waals surface area contributed by atoms with Crippen molar-refractivity contribution >= 4 is 11.8 Å². The van der Waals surface area contributed by atoms with Crippen molar-refractivity contribution in [2.24, 2.45) is 12.8 Å². The maximum atomic E-state index is 6.26. The van der Waals surface area contributed by atoms with E-state index in [0.29, 0.717) is 11.3 Å². The highest BCUT2D eigenvalue weighted by Crippen LogP contribution is 2.28. The number of aromatic nitrogens is 2. The van der Waals surface area contributed by atoms with Crippen LogP contribution in [-0.4, -0.2) is 26.8 Å². The zero-order chi connectivity index (χ0) is 11.4. The van der Waals surface area contributed by atoms with Crippen molar-refractivity contribution in [1.29, 1.82) is 0 Å². The fourth-order valence-corrected chi connectivity index (χ4v) is 3.61. The molecule has 1 aliphatic rings. The molecular weight excluding hydrogens is 218 g/mol. The third-order valence-corrected chi connectivity index (χ3v) is 4.75. The van der Waals surface area contributed by atoms with Crippen molar-refractivity contribution in [2.75, 3.05) is 5.75 Å². The van der Waals surface area contributed by atoms with Gasteiger partial charge in [0.25, 0.3) is 0 Å². The first-order valence-electron chi connectivity index (χ1n) is 6.10. The summed E-state index contributed by atoms with van der Waals surface area (Å²) in [5, 5.41) is 4.86. The van der Waals surface area contributed by atoms with Gasteiger partial charge in [0.05, 0.1) is 6.20 Å². The van der Waals surface area contributed by atoms with Crippen molar-refractivity contribution < 1.29 is 0 Å². The molecule has 0 aromatic carbocycles. The highest BCUT2D eigenvalue weighted by molar-refractivity contribution is 8.00. The fraction of sp³-hybridized carbons (Fsp3) is 0.750. The van der Waals surface area contributed by atoms with Crippen molar-refractivity contribution in [3.05, 3.63) is 18.0 Å². The van der Waals surface area contributed by atoms with Gasteiger partial charge in [-0.25, -0.2) is 0 Å². The van der Waals surface area contributed by atoms with Crippen molar-refractivity contribution in [1.82, 2.24) is 9.78 Å². The lowest BCUT2D eigenvalue weighted by Crippen LogP contribution is -2.34. The first-order chi connectivity index (χ1) is 7.75. The van der Waals surface area contributed by atoms with Gasteiger partial charge in [-0.05, 0) is 37.0 Å². The predicted octanol–water partition coefficient (Wildman–Crippen LogP) is 1.97. The van der Waals surface area contributed by atoms with E-state index in [1.807, 2.05) is 17.9 Å². The largest absolute Gasteiger partial charge is 0.327 e. The van der Waals surface area contributed by atoms with Gasteiger partial charge in [0.2, 0.25) is 0 Å². The average molecular weight is 239 g/mol. The second-order valence-electron chi connectivity index (χ2n) is 4.63. The van der Waals surface area contributed by atoms with E-state index >= 15 is 0 Å². The molecule has 1 aliphatic heterocycles. The van der Waals surface area contributed by atoms with Crippen molar-refractivity contribution in [3.8, 4) is 0 Å². The van der Waals surface area contributed by atoms with E-state index < -0.39 is 0 Å². The summed E-state index contributed by atoms with van der Waals surface area (Å²) in [6.07, 6.45) is 10.2. The average Bonchev–Trinajstić information content (AvgIpc) is 2.73. The van der Waals surface area contributed by atoms with Gasteiger partial charge in [-0.2, -0.15) is 16.9 Å². The number of thioether (sulfide) groups is 1. The molecule has 3 nitrogen and oxygen atoms in total. The van der Waals surface area contributed by atoms with Crippen LogP contribution in [0.5, 0.6) is 0 Å². The molecule has 2 N–H and O–H groups in total. The summed E-state index contributed by atoms with van der Waals surface area (Å²) in [5.41, 5.74) is 7.56. The van der Waals surface area contributed by atoms with Crippen LogP contribution >= 0.6 is 11.8 Å². The summed E-state index contributed by atoms with van der Waals surface area (Å²) in [6, 6.07) is 0.352. The van der Waals surface area contributed by atoms with Gasteiger partial charge >= 0.3 is 0 Å². The molecule has 16 heavy (non-hydrogen) atoms. The molecule has 1 saturated heterocycles. The van der Waals surface area contributed by atoms with E-state index in [-0.39, 0.29) is 0 Å². The number of hydrogen-bond donors (Lipinski definition) is 1. The van der Waals surface area contributed by atoms with Crippen LogP contribution in [0.2, 0.25) is 0 Å². The molecular formula is C12H21N3S. The highest BCUT2D eigenvalue weighted by Gasteiger charge is 2.20. The Morgan fingerprint density at radius 2 is 2.50 bits per heavy atom. The van der Waals surface area contributed by atoms with Crippen molar-refractivity contribution in [2.45, 2.75) is 43.4 Å². The Kier molecular flexibility index (Phi) is 4.29. The van der Waals surface area contributed by atoms with E-state index in [4.69, 9.17) is 5.73 Å². The molecule has 2 rings (SSSR count). The second kappa shape index (κ2) is 5.73. The number of aryl methyl sites for hydroxylation is 2. The van der Waals surface area contributed by atoms with Gasteiger partial charge in [-0.3, -0.25) is 4.68 Å². The van der Waals surface area contributed by atoms with Crippen molar-refractivity contribution in [3.63, 3.8) is 0 Å². The molecule has 2 heterocycles. The Bertz CT molecular complexity index is 318. The van der Waals surface area contributed by atoms with E-state index in [1.54, 1.807) is 0 Å². The number of rotatable bonds is 4. The minimum absolute atomic E-state index is 0.352. The molecule has 0 spiro atoms. The Balaban J connectivity index is 1.76. The van der Waals surface area contributed by atoms with E-state index in [2.05, 4.69) is 23.1 Å². The first-order valence-corrected chi connectivity index (χ1v) is 7.15. The fourth-order valence-electron chi connectivity index (χ4n) is 2.22. The lowest BCUT2D eigenvalue weighted by molar-refractivity contribution is 0.532. The molecule has 0 radical (unpaired) electrons. The molecule has 1 aromatic heterocycles. The summed E-state index contributed by atoms with van der Waals surface area (Å²) < 4.78 is 1.86. The van der Waals surface area contributed by atoms with Crippen LogP contribution in [0.1, 0.15) is 31.2 Å². The van der Waals surface area contributed by atoms with Gasteiger partial charge in [0.1, 0.15) is 0 Å². The minimum atomic E-state index is 0.352. The number of nitrogens with two attached hydrogens (primary N) is 1. The molecule has 1 fully saturated rings. The van der Waals surface area contributed by atoms with Crippen LogP contribution < -0.4 is 5.73 Å². The lowest BCUT2D eigenvalue weighted by Gasteiger charge is -2.26. The molecule has 4 heteroatoms. The van der Waals surface area contributed by atoms with Crippen LogP contribution in [0, 0.1) is 0 Å². The SMILES string of the molecule is Cn1cc(CCC(N)C2CCCCS2)cn1. The van der Waals surface area contributed by atoms with Crippen LogP contribution in [0.4, 0.5) is 0 Å². The first kappa shape index (κ1) is 12.0. The summed E-state index contributed by atoms with van der Waals surface area (Å²) in [5.74, 6) is 1.30. The minimum Gasteiger partial charge on any atom is -0.327 e. The van der Waals surface area contributed by atoms with Gasteiger partial charge in [0, 0.05) is 24.5 Å². The van der Waals surface area contributed by atoms with Crippen LogP contribution in [-0.2, 0) is 13.5 Å². The molecule has 0 saturated carbocycles. The normalized spacial score (nSPS) is 23.2. The van der Waals surface area contributed by atoms with Crippen LogP contribution in [0.25, 0.3) is 0 Å². The molecule has 0 amide bonds. The lowest BCUT2D eigenvalue weighted by atomic mass is 10.0. The summed E-state index contributed by atoms with van der Waals surface area (Å²) >= 11 is 2.07. The molecule has 90 valence electrons. The van der Waals surface area contributed by atoms with E-state index in [1.165, 1.54) is 30.6 Å². The highest BCUT2D eigenvalue weighted by atomic mass is 32.2. The molecule has 0 aliphatic carbocycles. The number of hydrogen-bond acceptors (Lipinski definition) is 3. The maximum Gasteiger partial charge on any atom is 0.0521 e. The van der Waals surface area contributed by atoms with Crippen LogP contribution in [0.3, 0.4) is 0 Å². The summed E-state index contributed by atoms with van der Waals surface area (Å²) in [7, 11) is 1.96. The Morgan fingerprint density at radius 1 is 1.62 bits per heavy atom. The zero-order valence-electron chi connectivity index (χ0n) is 9.93. The van der Waals surface area contributed by atoms with Gasteiger partial charge < -0.3 is 5.73 Å². The topological polar surface area (TPSA) is 43.8 Å². The summed E-state index contributed by atoms with van der Waals surface area (Å²) in [4.78, 5) is 0. The zero-order valence-corrected chi connectivity index (χ0v) is 10.7. The van der Waals surface area contributed by atoms with Gasteiger partial charge in [0.15, 0.2) is 0 Å². The number of nitrogens with zero attached hydrogens (tertiary/aromatic N) is 2. The van der Waals surface area contributed by atoms with Gasteiger partial charge in [-0.1, -0.05) is 6.42 Å². The molecule has 0 bridgehead atoms. The third-order valence-electron chi connectivity index (χ3n) is 3.22. The Hall–Kier alpha value is -0.480. The Morgan fingerprint density at radius 3 is 3.12 bits per heavy atom. The Labute approximate surface area is 102 Å². The quantitative estimate of drug-likeness (QED) is 0.873. The van der Waals surface area contributed by atoms with Crippen LogP contribution in [0.15, 0.2) is 12.4 Å². The summed E-state index contributed by atoms with van der Waals surface area (Å²) in [6.45, 7) is 0. The molecule has 2 unspecified atom stereocenters. The smallest absolute Gasteiger partial charge is 0.0521 e.